The molecular formula is C69H118N12O12S. The third-order valence-electron chi connectivity index (χ3n) is 18.2. The van der Waals surface area contributed by atoms with Crippen LogP contribution in [0.25, 0.3) is 0 Å². The van der Waals surface area contributed by atoms with E-state index in [1.807, 2.05) is 87.6 Å². The van der Waals surface area contributed by atoms with Crippen LogP contribution in [0.3, 0.4) is 0 Å². The second kappa shape index (κ2) is 36.6. The monoisotopic (exact) mass is 1340 g/mol. The molecule has 3 rings (SSSR count). The van der Waals surface area contributed by atoms with Crippen molar-refractivity contribution < 1.29 is 57.5 Å². The van der Waals surface area contributed by atoms with Crippen LogP contribution in [0.5, 0.6) is 0 Å². The van der Waals surface area contributed by atoms with Gasteiger partial charge in [0.05, 0.1) is 12.6 Å². The summed E-state index contributed by atoms with van der Waals surface area (Å²) in [5.74, 6) is -8.94. The van der Waals surface area contributed by atoms with Gasteiger partial charge in [0.15, 0.2) is 0 Å². The van der Waals surface area contributed by atoms with Crippen molar-refractivity contribution in [1.29, 1.82) is 0 Å². The van der Waals surface area contributed by atoms with E-state index in [0.29, 0.717) is 6.42 Å². The van der Waals surface area contributed by atoms with Crippen LogP contribution in [0.2, 0.25) is 0 Å². The van der Waals surface area contributed by atoms with Gasteiger partial charge in [-0.2, -0.15) is 0 Å². The van der Waals surface area contributed by atoms with Crippen molar-refractivity contribution >= 4 is 82.4 Å². The summed E-state index contributed by atoms with van der Waals surface area (Å²) in [5.41, 5.74) is 0.542. The number of rotatable bonds is 16. The first-order valence-electron chi connectivity index (χ1n) is 33.8. The van der Waals surface area contributed by atoms with Crippen LogP contribution in [0, 0.1) is 41.4 Å². The molecule has 2 heterocycles. The molecule has 1 aromatic carbocycles. The van der Waals surface area contributed by atoms with Crippen LogP contribution >= 0.6 is 11.8 Å². The Morgan fingerprint density at radius 3 is 1.50 bits per heavy atom. The quantitative estimate of drug-likeness (QED) is 0.164. The molecule has 1 aromatic rings. The van der Waals surface area contributed by atoms with Gasteiger partial charge in [0.1, 0.15) is 65.9 Å². The van der Waals surface area contributed by atoms with Crippen LogP contribution in [0.1, 0.15) is 156 Å². The molecule has 0 bridgehead atoms. The summed E-state index contributed by atoms with van der Waals surface area (Å²) < 4.78 is 6.85. The number of ether oxygens (including phenoxy) is 1. The van der Waals surface area contributed by atoms with E-state index >= 15 is 19.2 Å². The fourth-order valence-electron chi connectivity index (χ4n) is 12.3. The van der Waals surface area contributed by atoms with E-state index in [1.165, 1.54) is 109 Å². The normalized spacial score (nSPS) is 27.8. The summed E-state index contributed by atoms with van der Waals surface area (Å²) in [6.07, 6.45) is 0.273. The van der Waals surface area contributed by atoms with Crippen LogP contribution in [-0.4, -0.2) is 241 Å². The molecule has 24 nitrogen and oxygen atoms in total. The smallest absolute Gasteiger partial charge is 0.246 e. The van der Waals surface area contributed by atoms with Gasteiger partial charge in [-0.25, -0.2) is 0 Å². The number of nitrogens with one attached hydrogen (secondary N) is 4. The van der Waals surface area contributed by atoms with E-state index in [0.717, 1.165) is 17.1 Å². The van der Waals surface area contributed by atoms with E-state index in [2.05, 4.69) is 39.2 Å². The first-order chi connectivity index (χ1) is 43.6. The summed E-state index contributed by atoms with van der Waals surface area (Å²) in [6, 6.07) is -3.95. The number of anilines is 1. The molecule has 25 heteroatoms. The van der Waals surface area contributed by atoms with Gasteiger partial charge in [0.25, 0.3) is 0 Å². The molecule has 0 aliphatic carbocycles. The largest absolute Gasteiger partial charge is 0.375 e. The molecule has 0 saturated carbocycles. The molecule has 532 valence electrons. The zero-order chi connectivity index (χ0) is 71.8. The molecule has 2 fully saturated rings. The van der Waals surface area contributed by atoms with Crippen LogP contribution < -0.4 is 26.2 Å². The molecule has 13 atom stereocenters. The minimum absolute atomic E-state index is 0.0624. The second-order valence-electron chi connectivity index (χ2n) is 28.7. The second-order valence-corrected chi connectivity index (χ2v) is 29.9. The highest BCUT2D eigenvalue weighted by molar-refractivity contribution is 7.99. The molecule has 11 amide bonds. The Hall–Kier alpha value is -6.50. The minimum Gasteiger partial charge on any atom is -0.375 e. The molecule has 0 aromatic heterocycles. The topological polar surface area (TPSA) is 271 Å². The van der Waals surface area contributed by atoms with E-state index in [-0.39, 0.29) is 61.7 Å². The van der Waals surface area contributed by atoms with E-state index in [4.69, 9.17) is 4.74 Å². The average Bonchev–Trinajstić information content (AvgIpc) is 1.36. The number of thioether (sulfide) groups is 1. The first-order valence-corrected chi connectivity index (χ1v) is 34.7. The Balaban J connectivity index is 2.33. The Morgan fingerprint density at radius 1 is 0.521 bits per heavy atom. The summed E-state index contributed by atoms with van der Waals surface area (Å²) in [7, 11) is 12.2. The van der Waals surface area contributed by atoms with Crippen LogP contribution in [0.15, 0.2) is 29.2 Å². The van der Waals surface area contributed by atoms with Gasteiger partial charge >= 0.3 is 0 Å². The Labute approximate surface area is 566 Å². The van der Waals surface area contributed by atoms with Crippen molar-refractivity contribution in [3.8, 4) is 0 Å². The number of nitrogens with zero attached hydrogens (tertiary/aromatic N) is 8. The van der Waals surface area contributed by atoms with Crippen molar-refractivity contribution in [3.05, 3.63) is 24.3 Å². The number of hydrogen-bond acceptors (Lipinski definition) is 14. The molecule has 0 unspecified atom stereocenters. The molecule has 2 aliphatic heterocycles. The molecular weight excluding hydrogens is 1220 g/mol. The highest BCUT2D eigenvalue weighted by Gasteiger charge is 2.49. The van der Waals surface area contributed by atoms with Gasteiger partial charge in [0.2, 0.25) is 65.0 Å². The maximum Gasteiger partial charge on any atom is 0.246 e. The summed E-state index contributed by atoms with van der Waals surface area (Å²) >= 11 is 1.49. The van der Waals surface area contributed by atoms with Crippen molar-refractivity contribution in [3.63, 3.8) is 0 Å². The number of carbonyl (C=O) groups is 11. The highest BCUT2D eigenvalue weighted by atomic mass is 32.2. The zero-order valence-electron chi connectivity index (χ0n) is 61.3. The third kappa shape index (κ3) is 21.8. The first kappa shape index (κ1) is 81.7. The SMILES string of the molecule is CC[C@@H]1NC(=O)[C@H]([C@@H]2O[C@@H](Sc3cccc(N(C)CC)c3)C[C@H]2C)N(C)C(=O)[C@H](C(C)C)N(C)C(=O)[C@H](CC(C)C)N(C)C(=O)[C@H](CC(C)C)N(C)C(=O)[C@@H](C)NC(=O)[C@H](C)NC(=O)[C@H](CC(C)C)N(C)C(=O)[C@H](C(C)C)NC(=O)[C@H](CC(C)C)N(C)C(=O)CN(C)C1=O. The molecule has 4 N–H and O–H groups in total. The zero-order valence-corrected chi connectivity index (χ0v) is 62.1. The maximum atomic E-state index is 15.6. The molecule has 0 radical (unpaired) electrons. The minimum atomic E-state index is -1.38. The average molecular weight is 1340 g/mol. The number of likely N-dealkylation sites (N-methyl/N-ethyl adjacent to an activating group) is 7. The Bertz CT molecular complexity index is 2780. The number of hydrogen-bond donors (Lipinski definition) is 4. The number of carbonyl (C=O) groups excluding carboxylic acids is 11. The number of benzene rings is 1. The van der Waals surface area contributed by atoms with E-state index < -0.39 is 155 Å². The summed E-state index contributed by atoms with van der Waals surface area (Å²) in [4.78, 5) is 175. The molecule has 94 heavy (non-hydrogen) atoms. The molecule has 2 saturated heterocycles. The predicted molar refractivity (Wildman–Crippen MR) is 368 cm³/mol. The van der Waals surface area contributed by atoms with Gasteiger partial charge < -0.3 is 65.2 Å². The van der Waals surface area contributed by atoms with Crippen molar-refractivity contribution in [2.45, 2.75) is 233 Å². The number of amides is 11. The molecule has 2 aliphatic rings. The lowest BCUT2D eigenvalue weighted by atomic mass is 9.93. The van der Waals surface area contributed by atoms with Gasteiger partial charge in [-0.1, -0.05) is 115 Å². The predicted octanol–water partition coefficient (Wildman–Crippen LogP) is 5.31. The van der Waals surface area contributed by atoms with Gasteiger partial charge in [-0.15, -0.1) is 0 Å². The fourth-order valence-corrected chi connectivity index (χ4v) is 13.5. The lowest BCUT2D eigenvalue weighted by molar-refractivity contribution is -0.157. The van der Waals surface area contributed by atoms with Gasteiger partial charge in [-0.05, 0) is 119 Å². The Kier molecular flexibility index (Phi) is 31.8. The molecule has 0 spiro atoms. The maximum absolute atomic E-state index is 15.6. The van der Waals surface area contributed by atoms with Crippen molar-refractivity contribution in [1.82, 2.24) is 55.6 Å². The van der Waals surface area contributed by atoms with E-state index in [1.54, 1.807) is 34.6 Å². The standard InChI is InChI=1S/C69H118N12O12S/c1-26-49-65(88)75(19)37-54(82)76(20)50(31-38(3)4)62(85)73-56(42(11)12)68(91)77(21)51(32-39(5)6)61(84)70-45(16)60(83)71-46(17)64(87)78(22)52(33-40(7)8)66(89)79(23)53(34-41(9)10)67(90)80(24)57(43(13)14)69(92)81(25)58(63(86)72-49)59-44(15)35-55(93-59)94-48-30-28-29-47(36-48)74(18)27-2/h28-30,36,38-46,49-53,55-59H,26-27,31-35,37H2,1-25H3,(H,70,84)(H,71,83)(H,72,86)(H,73,85)/t44-,45+,46-,49+,50+,51+,52+,53+,55+,56+,57+,58+,59-/m1/s1. The lowest BCUT2D eigenvalue weighted by Crippen LogP contribution is -2.63. The van der Waals surface area contributed by atoms with Crippen molar-refractivity contribution in [2.75, 3.05) is 74.4 Å². The fraction of sp³-hybridized carbons (Fsp3) is 0.754. The van der Waals surface area contributed by atoms with Crippen LogP contribution in [-0.2, 0) is 57.5 Å². The lowest BCUT2D eigenvalue weighted by Gasteiger charge is -2.41. The highest BCUT2D eigenvalue weighted by Crippen LogP contribution is 2.40. The summed E-state index contributed by atoms with van der Waals surface area (Å²) in [5, 5.41) is 11.2. The third-order valence-corrected chi connectivity index (χ3v) is 19.3. The van der Waals surface area contributed by atoms with Crippen molar-refractivity contribution in [2.24, 2.45) is 41.4 Å². The summed E-state index contributed by atoms with van der Waals surface area (Å²) in [6.45, 7) is 31.0. The van der Waals surface area contributed by atoms with Crippen LogP contribution in [0.4, 0.5) is 5.69 Å². The Morgan fingerprint density at radius 2 is 1.00 bits per heavy atom. The van der Waals surface area contributed by atoms with Gasteiger partial charge in [0, 0.05) is 73.5 Å². The van der Waals surface area contributed by atoms with E-state index in [9.17, 15) is 33.6 Å². The van der Waals surface area contributed by atoms with Gasteiger partial charge in [-0.3, -0.25) is 52.7 Å².